The Morgan fingerprint density at radius 3 is 2.55 bits per heavy atom. The van der Waals surface area contributed by atoms with Crippen molar-refractivity contribution in [1.29, 1.82) is 0 Å². The van der Waals surface area contributed by atoms with Gasteiger partial charge in [0, 0.05) is 11.2 Å². The van der Waals surface area contributed by atoms with Gasteiger partial charge in [0.1, 0.15) is 11.5 Å². The minimum absolute atomic E-state index is 0.0276. The molecule has 110 valence electrons. The van der Waals surface area contributed by atoms with Crippen molar-refractivity contribution in [2.45, 2.75) is 26.7 Å². The first-order chi connectivity index (χ1) is 9.67. The monoisotopic (exact) mass is 279 g/mol. The molecule has 0 aliphatic heterocycles. The third-order valence-electron chi connectivity index (χ3n) is 2.33. The molecule has 0 amide bonds. The Kier molecular flexibility index (Phi) is 6.95. The Balaban J connectivity index is 2.90. The second-order valence-corrected chi connectivity index (χ2v) is 4.21. The van der Waals surface area contributed by atoms with Crippen LogP contribution in [0.2, 0.25) is 0 Å². The highest BCUT2D eigenvalue weighted by atomic mass is 16.5. The zero-order valence-corrected chi connectivity index (χ0v) is 12.1. The predicted octanol–water partition coefficient (Wildman–Crippen LogP) is -0.0479. The van der Waals surface area contributed by atoms with E-state index >= 15 is 0 Å². The number of nitrogens with zero attached hydrogens (tertiary/aromatic N) is 1. The van der Waals surface area contributed by atoms with Crippen LogP contribution in [0, 0.1) is 0 Å². The van der Waals surface area contributed by atoms with E-state index in [1.54, 1.807) is 6.21 Å². The van der Waals surface area contributed by atoms with Gasteiger partial charge in [0.15, 0.2) is 0 Å². The van der Waals surface area contributed by atoms with E-state index in [0.717, 1.165) is 29.9 Å². The van der Waals surface area contributed by atoms with Gasteiger partial charge in [-0.25, -0.2) is 0 Å². The van der Waals surface area contributed by atoms with Gasteiger partial charge in [-0.05, 0) is 25.0 Å². The molecule has 0 saturated carbocycles. The molecule has 0 saturated heterocycles. The zero-order valence-electron chi connectivity index (χ0n) is 12.1. The van der Waals surface area contributed by atoms with Crippen LogP contribution in [-0.4, -0.2) is 25.4 Å². The van der Waals surface area contributed by atoms with Crippen LogP contribution < -0.4 is 26.0 Å². The van der Waals surface area contributed by atoms with Gasteiger partial charge < -0.3 is 20.9 Å². The summed E-state index contributed by atoms with van der Waals surface area (Å²) in [5, 5.41) is 6.37. The number of hydrogen-bond donors (Lipinski definition) is 3. The first kappa shape index (κ1) is 15.8. The molecule has 0 aliphatic carbocycles. The van der Waals surface area contributed by atoms with Gasteiger partial charge in [0.05, 0.1) is 18.8 Å². The lowest BCUT2D eigenvalue weighted by Crippen LogP contribution is -2.63. The standard InChI is InChI=1S/C14H22N4O2/c1-3-7-19-12-6-5-11(10-17-18-14(15)16)13(9-12)20-8-4-2/h5-6,9-10H,3-4,7-8H2,1-2H3,(H4,15,16,18)/p+1/b17-10+. The maximum Gasteiger partial charge on any atom is 0.256 e. The molecule has 0 aliphatic rings. The van der Waals surface area contributed by atoms with Crippen LogP contribution >= 0.6 is 0 Å². The van der Waals surface area contributed by atoms with E-state index in [9.17, 15) is 0 Å². The van der Waals surface area contributed by atoms with E-state index in [1.165, 1.54) is 0 Å². The molecule has 0 fully saturated rings. The molecular formula is C14H23N4O2+. The summed E-state index contributed by atoms with van der Waals surface area (Å²) in [6.45, 7) is 5.44. The zero-order chi connectivity index (χ0) is 14.8. The molecule has 20 heavy (non-hydrogen) atoms. The van der Waals surface area contributed by atoms with Crippen LogP contribution in [0.4, 0.5) is 0 Å². The summed E-state index contributed by atoms with van der Waals surface area (Å²) in [6, 6.07) is 5.65. The Morgan fingerprint density at radius 1 is 1.20 bits per heavy atom. The van der Waals surface area contributed by atoms with E-state index in [1.807, 2.05) is 18.2 Å². The van der Waals surface area contributed by atoms with Gasteiger partial charge in [-0.1, -0.05) is 13.8 Å². The molecular weight excluding hydrogens is 256 g/mol. The predicted molar refractivity (Wildman–Crippen MR) is 80.0 cm³/mol. The summed E-state index contributed by atoms with van der Waals surface area (Å²) in [7, 11) is 0. The van der Waals surface area contributed by atoms with Crippen LogP contribution in [0.5, 0.6) is 11.5 Å². The molecule has 0 atom stereocenters. The minimum atomic E-state index is -0.0276. The van der Waals surface area contributed by atoms with Gasteiger partial charge in [0.2, 0.25) is 6.21 Å². The normalized spacial score (nSPS) is 10.5. The van der Waals surface area contributed by atoms with Crippen LogP contribution in [0.1, 0.15) is 32.3 Å². The van der Waals surface area contributed by atoms with Crippen molar-refractivity contribution in [3.8, 4) is 11.5 Å². The number of rotatable bonds is 8. The molecule has 1 rings (SSSR count). The second kappa shape index (κ2) is 8.79. The van der Waals surface area contributed by atoms with Gasteiger partial charge in [-0.15, -0.1) is 5.10 Å². The average molecular weight is 279 g/mol. The Morgan fingerprint density at radius 2 is 1.90 bits per heavy atom. The first-order valence-corrected chi connectivity index (χ1v) is 6.74. The number of ether oxygens (including phenoxy) is 2. The fourth-order valence-corrected chi connectivity index (χ4v) is 1.46. The van der Waals surface area contributed by atoms with E-state index in [4.69, 9.17) is 20.9 Å². The van der Waals surface area contributed by atoms with Crippen LogP contribution in [-0.2, 0) is 0 Å². The summed E-state index contributed by atoms with van der Waals surface area (Å²) in [5.74, 6) is 1.50. The molecule has 0 aromatic heterocycles. The molecule has 1 aromatic rings. The quantitative estimate of drug-likeness (QED) is 0.353. The summed E-state index contributed by atoms with van der Waals surface area (Å²) in [5.41, 5.74) is 11.3. The van der Waals surface area contributed by atoms with Crippen molar-refractivity contribution < 1.29 is 14.6 Å². The van der Waals surface area contributed by atoms with Gasteiger partial charge in [-0.3, -0.25) is 0 Å². The highest BCUT2D eigenvalue weighted by Gasteiger charge is 2.06. The Labute approximate surface area is 119 Å². The summed E-state index contributed by atoms with van der Waals surface area (Å²) in [6.07, 6.45) is 3.57. The molecule has 0 spiro atoms. The Hall–Kier alpha value is -2.24. The largest absolute Gasteiger partial charge is 0.493 e. The van der Waals surface area contributed by atoms with Crippen molar-refractivity contribution >= 4 is 12.2 Å². The third kappa shape index (κ3) is 5.60. The van der Waals surface area contributed by atoms with Crippen LogP contribution in [0.25, 0.3) is 0 Å². The van der Waals surface area contributed by atoms with E-state index < -0.39 is 0 Å². The van der Waals surface area contributed by atoms with Gasteiger partial charge in [0.25, 0.3) is 5.96 Å². The lowest BCUT2D eigenvalue weighted by molar-refractivity contribution is -0.456. The van der Waals surface area contributed by atoms with Crippen molar-refractivity contribution in [3.05, 3.63) is 23.8 Å². The number of nitrogens with two attached hydrogens (primary N) is 2. The number of hydrogen-bond acceptors (Lipinski definition) is 3. The number of benzene rings is 1. The topological polar surface area (TPSA) is 96.8 Å². The molecule has 0 radical (unpaired) electrons. The molecule has 5 N–H and O–H groups in total. The molecule has 0 unspecified atom stereocenters. The molecule has 6 nitrogen and oxygen atoms in total. The fourth-order valence-electron chi connectivity index (χ4n) is 1.46. The molecule has 0 heterocycles. The molecule has 1 aromatic carbocycles. The van der Waals surface area contributed by atoms with E-state index in [2.05, 4.69) is 24.1 Å². The molecule has 6 heteroatoms. The maximum absolute atomic E-state index is 5.70. The smallest absolute Gasteiger partial charge is 0.256 e. The summed E-state index contributed by atoms with van der Waals surface area (Å²) in [4.78, 5) is 0. The number of hydrazone groups is 1. The summed E-state index contributed by atoms with van der Waals surface area (Å²) >= 11 is 0. The first-order valence-electron chi connectivity index (χ1n) is 6.74. The average Bonchev–Trinajstić information content (AvgIpc) is 2.44. The number of guanidine groups is 1. The third-order valence-corrected chi connectivity index (χ3v) is 2.33. The van der Waals surface area contributed by atoms with Crippen molar-refractivity contribution in [3.63, 3.8) is 0 Å². The van der Waals surface area contributed by atoms with E-state index in [-0.39, 0.29) is 5.96 Å². The van der Waals surface area contributed by atoms with Crippen molar-refractivity contribution in [2.75, 3.05) is 13.2 Å². The van der Waals surface area contributed by atoms with Gasteiger partial charge in [-0.2, -0.15) is 0 Å². The van der Waals surface area contributed by atoms with Crippen molar-refractivity contribution in [2.24, 2.45) is 16.6 Å². The lowest BCUT2D eigenvalue weighted by atomic mass is 10.2. The minimum Gasteiger partial charge on any atom is -0.493 e. The highest BCUT2D eigenvalue weighted by molar-refractivity contribution is 5.80. The second-order valence-electron chi connectivity index (χ2n) is 4.21. The van der Waals surface area contributed by atoms with Crippen LogP contribution in [0.15, 0.2) is 23.3 Å². The van der Waals surface area contributed by atoms with Gasteiger partial charge >= 0.3 is 0 Å². The Bertz CT molecular complexity index is 468. The summed E-state index contributed by atoms with van der Waals surface area (Å²) < 4.78 is 11.3. The highest BCUT2D eigenvalue weighted by Crippen LogP contribution is 2.23. The molecule has 0 bridgehead atoms. The lowest BCUT2D eigenvalue weighted by Gasteiger charge is -2.10. The van der Waals surface area contributed by atoms with E-state index in [0.29, 0.717) is 13.2 Å². The number of nitrogens with one attached hydrogen (secondary N) is 1. The fraction of sp³-hybridized carbons (Fsp3) is 0.429. The van der Waals surface area contributed by atoms with Crippen LogP contribution in [0.3, 0.4) is 0 Å². The maximum atomic E-state index is 5.70. The van der Waals surface area contributed by atoms with Crippen molar-refractivity contribution in [1.82, 2.24) is 0 Å². The SMILES string of the molecule is CCCOc1ccc(/C=[NH+]/N=C(N)N)c(OCCC)c1.